The maximum absolute atomic E-state index is 13.6. The Bertz CT molecular complexity index is 1010. The smallest absolute Gasteiger partial charge is 0.408 e. The van der Waals surface area contributed by atoms with Gasteiger partial charge in [0.1, 0.15) is 19.3 Å². The van der Waals surface area contributed by atoms with Crippen LogP contribution < -0.4 is 5.32 Å². The summed E-state index contributed by atoms with van der Waals surface area (Å²) < 4.78 is 24.0. The Balaban J connectivity index is 3.38. The van der Waals surface area contributed by atoms with Crippen molar-refractivity contribution in [2.75, 3.05) is 6.61 Å². The lowest BCUT2D eigenvalue weighted by Gasteiger charge is -2.47. The van der Waals surface area contributed by atoms with Crippen molar-refractivity contribution in [2.45, 2.75) is 142 Å². The zero-order chi connectivity index (χ0) is 34.2. The maximum atomic E-state index is 13.6. The van der Waals surface area contributed by atoms with Gasteiger partial charge < -0.3 is 29.1 Å². The molecule has 256 valence electrons. The molecule has 0 saturated carbocycles. The van der Waals surface area contributed by atoms with Gasteiger partial charge in [-0.15, -0.1) is 0 Å². The summed E-state index contributed by atoms with van der Waals surface area (Å²) in [4.78, 5) is 39.7. The molecule has 0 aliphatic heterocycles. The van der Waals surface area contributed by atoms with Gasteiger partial charge in [-0.1, -0.05) is 117 Å². The molecular formula is C35H59NO8Si. The molecule has 1 amide bonds. The van der Waals surface area contributed by atoms with Gasteiger partial charge in [-0.2, -0.15) is 0 Å². The molecule has 0 aromatic heterocycles. The van der Waals surface area contributed by atoms with Crippen LogP contribution in [0.2, 0.25) is 16.6 Å². The number of esters is 2. The van der Waals surface area contributed by atoms with Gasteiger partial charge in [-0.25, -0.2) is 9.59 Å². The van der Waals surface area contributed by atoms with Crippen molar-refractivity contribution in [3.05, 3.63) is 48.6 Å². The second-order valence-electron chi connectivity index (χ2n) is 12.8. The summed E-state index contributed by atoms with van der Waals surface area (Å²) >= 11 is 0. The number of benzene rings is 1. The van der Waals surface area contributed by atoms with E-state index < -0.39 is 56.6 Å². The molecular weight excluding hydrogens is 590 g/mol. The highest BCUT2D eigenvalue weighted by atomic mass is 28.4. The van der Waals surface area contributed by atoms with Crippen LogP contribution in [0, 0.1) is 5.92 Å². The largest absolute Gasteiger partial charge is 0.461 e. The lowest BCUT2D eigenvalue weighted by molar-refractivity contribution is -0.167. The predicted molar refractivity (Wildman–Crippen MR) is 180 cm³/mol. The van der Waals surface area contributed by atoms with Gasteiger partial charge in [-0.3, -0.25) is 4.79 Å². The minimum absolute atomic E-state index is 0.000579. The standard InChI is InChI=1S/C35H59NO8Si/c1-11-13-14-18-21-30(33(38)41-22-12-2)32(44-45(24(3)4,25(5)6)26(7)8)28(10)43-34(39)31(27(9)37)36-35(40)42-23-29-19-16-15-17-20-29/h12,15-17,19-20,24-28,30-32,37H,2,11,13-14,18,21-23H2,1,3-10H3,(H,36,40)/t27-,28+,30-,31+,32+/m1/s1. The first-order valence-corrected chi connectivity index (χ1v) is 18.7. The van der Waals surface area contributed by atoms with E-state index in [1.54, 1.807) is 6.92 Å². The monoisotopic (exact) mass is 649 g/mol. The van der Waals surface area contributed by atoms with Crippen LogP contribution in [-0.2, 0) is 34.8 Å². The Morgan fingerprint density at radius 3 is 2.00 bits per heavy atom. The van der Waals surface area contributed by atoms with Crippen molar-refractivity contribution >= 4 is 26.3 Å². The second kappa shape index (κ2) is 20.4. The molecule has 5 atom stereocenters. The van der Waals surface area contributed by atoms with E-state index in [4.69, 9.17) is 18.6 Å². The molecule has 1 aromatic carbocycles. The second-order valence-corrected chi connectivity index (χ2v) is 18.2. The van der Waals surface area contributed by atoms with Gasteiger partial charge in [-0.05, 0) is 42.5 Å². The molecule has 0 radical (unpaired) electrons. The number of amides is 1. The van der Waals surface area contributed by atoms with E-state index in [0.717, 1.165) is 31.2 Å². The van der Waals surface area contributed by atoms with Crippen molar-refractivity contribution in [3.8, 4) is 0 Å². The molecule has 45 heavy (non-hydrogen) atoms. The van der Waals surface area contributed by atoms with E-state index in [2.05, 4.69) is 60.4 Å². The van der Waals surface area contributed by atoms with Crippen LogP contribution in [0.15, 0.2) is 43.0 Å². The van der Waals surface area contributed by atoms with Gasteiger partial charge >= 0.3 is 18.0 Å². The van der Waals surface area contributed by atoms with Gasteiger partial charge in [0, 0.05) is 0 Å². The van der Waals surface area contributed by atoms with E-state index in [-0.39, 0.29) is 29.8 Å². The van der Waals surface area contributed by atoms with E-state index in [9.17, 15) is 19.5 Å². The molecule has 9 nitrogen and oxygen atoms in total. The van der Waals surface area contributed by atoms with Crippen molar-refractivity contribution in [2.24, 2.45) is 5.92 Å². The van der Waals surface area contributed by atoms with Crippen LogP contribution in [0.1, 0.15) is 100.0 Å². The fourth-order valence-electron chi connectivity index (χ4n) is 6.20. The third-order valence-corrected chi connectivity index (χ3v) is 14.5. The van der Waals surface area contributed by atoms with Crippen LogP contribution in [0.4, 0.5) is 4.79 Å². The van der Waals surface area contributed by atoms with Crippen LogP contribution in [0.25, 0.3) is 0 Å². The van der Waals surface area contributed by atoms with Crippen molar-refractivity contribution in [3.63, 3.8) is 0 Å². The summed E-state index contributed by atoms with van der Waals surface area (Å²) in [6, 6.07) is 7.73. The predicted octanol–water partition coefficient (Wildman–Crippen LogP) is 7.47. The lowest BCUT2D eigenvalue weighted by Crippen LogP contribution is -2.56. The molecule has 2 N–H and O–H groups in total. The number of aliphatic hydroxyl groups excluding tert-OH is 1. The molecule has 0 heterocycles. The Hall–Kier alpha value is -2.69. The van der Waals surface area contributed by atoms with Crippen LogP contribution in [0.3, 0.4) is 0 Å². The number of carbonyl (C=O) groups is 3. The lowest BCUT2D eigenvalue weighted by atomic mass is 9.92. The summed E-state index contributed by atoms with van der Waals surface area (Å²) in [7, 11) is -2.58. The molecule has 1 rings (SSSR count). The molecule has 10 heteroatoms. The molecule has 0 saturated heterocycles. The van der Waals surface area contributed by atoms with Gasteiger partial charge in [0.15, 0.2) is 6.04 Å². The Labute approximate surface area is 272 Å². The number of hydrogen-bond acceptors (Lipinski definition) is 8. The molecule has 0 unspecified atom stereocenters. The third kappa shape index (κ3) is 12.6. The zero-order valence-corrected chi connectivity index (χ0v) is 30.0. The fourth-order valence-corrected chi connectivity index (χ4v) is 11.8. The van der Waals surface area contributed by atoms with Gasteiger partial charge in [0.05, 0.1) is 18.1 Å². The number of unbranched alkanes of at least 4 members (excludes halogenated alkanes) is 3. The molecule has 0 spiro atoms. The zero-order valence-electron chi connectivity index (χ0n) is 29.0. The molecule has 0 aliphatic rings. The van der Waals surface area contributed by atoms with Crippen molar-refractivity contribution in [1.82, 2.24) is 5.32 Å². The van der Waals surface area contributed by atoms with E-state index >= 15 is 0 Å². The number of rotatable bonds is 21. The van der Waals surface area contributed by atoms with Crippen LogP contribution in [0.5, 0.6) is 0 Å². The Morgan fingerprint density at radius 2 is 1.49 bits per heavy atom. The normalized spacial score (nSPS) is 15.2. The third-order valence-electron chi connectivity index (χ3n) is 8.45. The summed E-state index contributed by atoms with van der Waals surface area (Å²) in [5, 5.41) is 12.9. The van der Waals surface area contributed by atoms with Crippen molar-refractivity contribution < 1.29 is 38.1 Å². The minimum Gasteiger partial charge on any atom is -0.461 e. The molecule has 0 bridgehead atoms. The first-order chi connectivity index (χ1) is 21.2. The highest BCUT2D eigenvalue weighted by Crippen LogP contribution is 2.44. The van der Waals surface area contributed by atoms with Gasteiger partial charge in [0.2, 0.25) is 8.32 Å². The highest BCUT2D eigenvalue weighted by Gasteiger charge is 2.50. The number of aliphatic hydroxyl groups is 1. The summed E-state index contributed by atoms with van der Waals surface area (Å²) in [6.45, 7) is 21.9. The number of nitrogens with one attached hydrogen (secondary N) is 1. The molecule has 0 fully saturated rings. The number of ether oxygens (including phenoxy) is 3. The topological polar surface area (TPSA) is 120 Å². The summed E-state index contributed by atoms with van der Waals surface area (Å²) in [5.74, 6) is -1.97. The van der Waals surface area contributed by atoms with Crippen LogP contribution in [-0.4, -0.2) is 62.4 Å². The Kier molecular flexibility index (Phi) is 18.3. The summed E-state index contributed by atoms with van der Waals surface area (Å²) in [5.41, 5.74) is 1.40. The number of carbonyl (C=O) groups excluding carboxylic acids is 3. The maximum Gasteiger partial charge on any atom is 0.408 e. The Morgan fingerprint density at radius 1 is 0.889 bits per heavy atom. The van der Waals surface area contributed by atoms with Crippen molar-refractivity contribution in [1.29, 1.82) is 0 Å². The number of alkyl carbamates (subject to hydrolysis) is 1. The van der Waals surface area contributed by atoms with Gasteiger partial charge in [0.25, 0.3) is 0 Å². The average Bonchev–Trinajstić information content (AvgIpc) is 2.98. The summed E-state index contributed by atoms with van der Waals surface area (Å²) in [6.07, 6.45) is 2.02. The fraction of sp³-hybridized carbons (Fsp3) is 0.686. The first kappa shape index (κ1) is 40.3. The van der Waals surface area contributed by atoms with E-state index in [1.165, 1.54) is 13.0 Å². The quantitative estimate of drug-likeness (QED) is 0.0463. The van der Waals surface area contributed by atoms with E-state index in [1.807, 2.05) is 30.3 Å². The minimum atomic E-state index is -2.58. The average molecular weight is 650 g/mol. The first-order valence-electron chi connectivity index (χ1n) is 16.5. The van der Waals surface area contributed by atoms with Crippen LogP contribution >= 0.6 is 0 Å². The molecule has 0 aliphatic carbocycles. The highest BCUT2D eigenvalue weighted by molar-refractivity contribution is 6.77. The van der Waals surface area contributed by atoms with E-state index in [0.29, 0.717) is 6.42 Å². The molecule has 1 aromatic rings. The SMILES string of the molecule is C=CCOC(=O)[C@H](CCCCCC)[C@@H](O[Si](C(C)C)(C(C)C)C(C)C)[C@H](C)OC(=O)[C@@H](NC(=O)OCc1ccccc1)[C@@H](C)O. The number of hydrogen-bond donors (Lipinski definition) is 2.